The van der Waals surface area contributed by atoms with Gasteiger partial charge in [-0.15, -0.1) is 0 Å². The third kappa shape index (κ3) is 2.73. The Morgan fingerprint density at radius 3 is 2.60 bits per heavy atom. The molecule has 3 rings (SSSR count). The molecule has 2 aliphatic carbocycles. The predicted octanol–water partition coefficient (Wildman–Crippen LogP) is 2.92. The molecular weight excluding hydrogens is 246 g/mol. The second kappa shape index (κ2) is 5.31. The van der Waals surface area contributed by atoms with Crippen LogP contribution in [0.1, 0.15) is 59.3 Å². The lowest BCUT2D eigenvalue weighted by atomic mass is 9.84. The minimum Gasteiger partial charge on any atom is -0.297 e. The molecule has 1 heterocycles. The zero-order valence-electron chi connectivity index (χ0n) is 13.2. The highest BCUT2D eigenvalue weighted by molar-refractivity contribution is 5.16. The highest BCUT2D eigenvalue weighted by Crippen LogP contribution is 2.39. The monoisotopic (exact) mass is 275 g/mol. The van der Waals surface area contributed by atoms with Gasteiger partial charge in [0.25, 0.3) is 0 Å². The highest BCUT2D eigenvalue weighted by atomic mass is 15.2. The summed E-state index contributed by atoms with van der Waals surface area (Å²) in [6.07, 6.45) is 7.15. The Kier molecular flexibility index (Phi) is 3.81. The van der Waals surface area contributed by atoms with E-state index in [4.69, 9.17) is 0 Å². The zero-order chi connectivity index (χ0) is 14.3. The first-order chi connectivity index (χ1) is 9.53. The molecule has 0 aromatic carbocycles. The van der Waals surface area contributed by atoms with Crippen LogP contribution in [-0.4, -0.2) is 35.1 Å². The molecule has 1 aliphatic heterocycles. The van der Waals surface area contributed by atoms with Crippen molar-refractivity contribution in [3.8, 4) is 6.07 Å². The van der Waals surface area contributed by atoms with Crippen LogP contribution in [0.3, 0.4) is 0 Å². The summed E-state index contributed by atoms with van der Waals surface area (Å²) in [4.78, 5) is 2.71. The van der Waals surface area contributed by atoms with Gasteiger partial charge in [-0.3, -0.25) is 10.2 Å². The largest absolute Gasteiger partial charge is 0.297 e. The van der Waals surface area contributed by atoms with E-state index in [1.165, 1.54) is 32.2 Å². The maximum Gasteiger partial charge on any atom is 0.108 e. The summed E-state index contributed by atoms with van der Waals surface area (Å²) in [5.41, 5.74) is -0.227. The molecule has 1 N–H and O–H groups in total. The van der Waals surface area contributed by atoms with Crippen LogP contribution in [0.15, 0.2) is 0 Å². The van der Waals surface area contributed by atoms with Crippen molar-refractivity contribution in [3.63, 3.8) is 0 Å². The Bertz CT molecular complexity index is 398. The van der Waals surface area contributed by atoms with Crippen LogP contribution in [-0.2, 0) is 0 Å². The van der Waals surface area contributed by atoms with E-state index in [2.05, 4.69) is 37.1 Å². The first kappa shape index (κ1) is 14.4. The molecule has 0 spiro atoms. The van der Waals surface area contributed by atoms with Crippen LogP contribution >= 0.6 is 0 Å². The Morgan fingerprint density at radius 1 is 1.20 bits per heavy atom. The second-order valence-corrected chi connectivity index (χ2v) is 7.76. The number of nitrogens with zero attached hydrogens (tertiary/aromatic N) is 2. The molecule has 2 saturated carbocycles. The first-order valence-corrected chi connectivity index (χ1v) is 8.48. The molecule has 0 radical (unpaired) electrons. The van der Waals surface area contributed by atoms with Crippen molar-refractivity contribution in [2.45, 2.75) is 83.0 Å². The van der Waals surface area contributed by atoms with Gasteiger partial charge in [0, 0.05) is 24.7 Å². The summed E-state index contributed by atoms with van der Waals surface area (Å²) >= 11 is 0. The summed E-state index contributed by atoms with van der Waals surface area (Å²) in [5.74, 6) is 1.59. The minimum atomic E-state index is -0.227. The van der Waals surface area contributed by atoms with Gasteiger partial charge in [-0.2, -0.15) is 5.26 Å². The molecule has 0 aromatic heterocycles. The fraction of sp³-hybridized carbons (Fsp3) is 0.941. The minimum absolute atomic E-state index is 0.227. The van der Waals surface area contributed by atoms with E-state index in [0.29, 0.717) is 18.1 Å². The van der Waals surface area contributed by atoms with Crippen molar-refractivity contribution >= 4 is 0 Å². The van der Waals surface area contributed by atoms with Crippen LogP contribution in [0, 0.1) is 23.2 Å². The van der Waals surface area contributed by atoms with Crippen LogP contribution in [0.25, 0.3) is 0 Å². The van der Waals surface area contributed by atoms with Gasteiger partial charge in [0.05, 0.1) is 6.07 Å². The predicted molar refractivity (Wildman–Crippen MR) is 81.3 cm³/mol. The van der Waals surface area contributed by atoms with E-state index in [1.807, 2.05) is 0 Å². The topological polar surface area (TPSA) is 39.1 Å². The molecule has 0 aromatic rings. The average molecular weight is 275 g/mol. The maximum absolute atomic E-state index is 9.65. The van der Waals surface area contributed by atoms with E-state index in [1.54, 1.807) is 0 Å². The SMILES string of the molecule is CC1CC(C)C(C)N(C2CCC(C#N)(NC3CC3)C2)C1. The zero-order valence-corrected chi connectivity index (χ0v) is 13.2. The first-order valence-electron chi connectivity index (χ1n) is 8.48. The van der Waals surface area contributed by atoms with Crippen LogP contribution in [0.4, 0.5) is 0 Å². The standard InChI is InChI=1S/C17H29N3/c1-12-8-13(2)14(3)20(10-12)16-6-7-17(9-16,11-18)19-15-4-5-15/h12-16,19H,4-10H2,1-3H3. The number of nitriles is 1. The van der Waals surface area contributed by atoms with Crippen LogP contribution in [0.2, 0.25) is 0 Å². The lowest BCUT2D eigenvalue weighted by molar-refractivity contribution is 0.0405. The maximum atomic E-state index is 9.65. The molecule has 20 heavy (non-hydrogen) atoms. The number of piperidine rings is 1. The molecule has 1 saturated heterocycles. The van der Waals surface area contributed by atoms with Gasteiger partial charge < -0.3 is 0 Å². The molecule has 3 nitrogen and oxygen atoms in total. The molecule has 112 valence electrons. The van der Waals surface area contributed by atoms with Crippen molar-refractivity contribution in [1.82, 2.24) is 10.2 Å². The molecule has 0 bridgehead atoms. The molecular formula is C17H29N3. The smallest absolute Gasteiger partial charge is 0.108 e. The van der Waals surface area contributed by atoms with E-state index in [-0.39, 0.29) is 5.54 Å². The lowest BCUT2D eigenvalue weighted by Crippen LogP contribution is -2.51. The van der Waals surface area contributed by atoms with Gasteiger partial charge in [-0.1, -0.05) is 13.8 Å². The molecule has 3 fully saturated rings. The third-order valence-electron chi connectivity index (χ3n) is 5.87. The summed E-state index contributed by atoms with van der Waals surface area (Å²) in [7, 11) is 0. The van der Waals surface area contributed by atoms with Crippen LogP contribution < -0.4 is 5.32 Å². The number of hydrogen-bond donors (Lipinski definition) is 1. The highest BCUT2D eigenvalue weighted by Gasteiger charge is 2.46. The van der Waals surface area contributed by atoms with Crippen LogP contribution in [0.5, 0.6) is 0 Å². The molecule has 5 atom stereocenters. The third-order valence-corrected chi connectivity index (χ3v) is 5.87. The Labute approximate surface area is 123 Å². The Balaban J connectivity index is 1.67. The fourth-order valence-corrected chi connectivity index (χ4v) is 4.43. The van der Waals surface area contributed by atoms with Gasteiger partial charge >= 0.3 is 0 Å². The molecule has 3 heteroatoms. The van der Waals surface area contributed by atoms with Gasteiger partial charge in [0.2, 0.25) is 0 Å². The van der Waals surface area contributed by atoms with Gasteiger partial charge in [0.1, 0.15) is 5.54 Å². The number of likely N-dealkylation sites (tertiary alicyclic amines) is 1. The lowest BCUT2D eigenvalue weighted by Gasteiger charge is -2.44. The molecule has 0 amide bonds. The molecule has 3 aliphatic rings. The normalized spacial score (nSPS) is 46.3. The van der Waals surface area contributed by atoms with Gasteiger partial charge in [0.15, 0.2) is 0 Å². The van der Waals surface area contributed by atoms with Crippen molar-refractivity contribution < 1.29 is 0 Å². The molecule has 5 unspecified atom stereocenters. The van der Waals surface area contributed by atoms with Gasteiger partial charge in [-0.25, -0.2) is 0 Å². The van der Waals surface area contributed by atoms with E-state index < -0.39 is 0 Å². The number of hydrogen-bond acceptors (Lipinski definition) is 3. The average Bonchev–Trinajstić information content (AvgIpc) is 3.12. The summed E-state index contributed by atoms with van der Waals surface area (Å²) in [6.45, 7) is 8.38. The van der Waals surface area contributed by atoms with Gasteiger partial charge in [-0.05, 0) is 57.3 Å². The Morgan fingerprint density at radius 2 is 1.95 bits per heavy atom. The van der Waals surface area contributed by atoms with Crippen molar-refractivity contribution in [3.05, 3.63) is 0 Å². The number of nitrogens with one attached hydrogen (secondary N) is 1. The van der Waals surface area contributed by atoms with Crippen molar-refractivity contribution in [1.29, 1.82) is 5.26 Å². The summed E-state index contributed by atoms with van der Waals surface area (Å²) in [5, 5.41) is 13.3. The van der Waals surface area contributed by atoms with E-state index >= 15 is 0 Å². The second-order valence-electron chi connectivity index (χ2n) is 7.76. The van der Waals surface area contributed by atoms with Crippen molar-refractivity contribution in [2.24, 2.45) is 11.8 Å². The number of rotatable bonds is 3. The fourth-order valence-electron chi connectivity index (χ4n) is 4.43. The quantitative estimate of drug-likeness (QED) is 0.861. The van der Waals surface area contributed by atoms with E-state index in [0.717, 1.165) is 24.7 Å². The summed E-state index contributed by atoms with van der Waals surface area (Å²) < 4.78 is 0. The Hall–Kier alpha value is -0.590. The summed E-state index contributed by atoms with van der Waals surface area (Å²) in [6, 6.07) is 4.53. The van der Waals surface area contributed by atoms with Crippen molar-refractivity contribution in [2.75, 3.05) is 6.54 Å². The van der Waals surface area contributed by atoms with E-state index in [9.17, 15) is 5.26 Å².